The standard InChI is InChI=1S/C19H18N6O2S/c1-12-3-5-14(6-4-12)25-17-15(11-21-25)18(27)24(13(2)22-17)9-7-16(26)23-19-20-8-10-28-19/h3-6,8,10-11H,7,9H2,1-2H3,(H,20,23,26). The van der Waals surface area contributed by atoms with Gasteiger partial charge in [-0.05, 0) is 26.0 Å². The summed E-state index contributed by atoms with van der Waals surface area (Å²) < 4.78 is 3.16. The highest BCUT2D eigenvalue weighted by Gasteiger charge is 2.15. The Bertz CT molecular complexity index is 1190. The number of aryl methyl sites for hydroxylation is 2. The van der Waals surface area contributed by atoms with Crippen molar-refractivity contribution in [2.75, 3.05) is 5.32 Å². The summed E-state index contributed by atoms with van der Waals surface area (Å²) in [5.41, 5.74) is 2.29. The minimum Gasteiger partial charge on any atom is -0.302 e. The van der Waals surface area contributed by atoms with Crippen LogP contribution in [-0.4, -0.2) is 30.2 Å². The van der Waals surface area contributed by atoms with Gasteiger partial charge in [0, 0.05) is 24.5 Å². The van der Waals surface area contributed by atoms with Crippen molar-refractivity contribution in [1.82, 2.24) is 24.3 Å². The van der Waals surface area contributed by atoms with Crippen molar-refractivity contribution in [3.05, 3.63) is 63.8 Å². The van der Waals surface area contributed by atoms with E-state index in [0.29, 0.717) is 22.0 Å². The van der Waals surface area contributed by atoms with Crippen LogP contribution in [0.3, 0.4) is 0 Å². The highest BCUT2D eigenvalue weighted by molar-refractivity contribution is 7.13. The van der Waals surface area contributed by atoms with Gasteiger partial charge >= 0.3 is 0 Å². The van der Waals surface area contributed by atoms with Gasteiger partial charge in [-0.25, -0.2) is 14.6 Å². The first-order valence-electron chi connectivity index (χ1n) is 8.74. The van der Waals surface area contributed by atoms with Crippen molar-refractivity contribution >= 4 is 33.4 Å². The summed E-state index contributed by atoms with van der Waals surface area (Å²) >= 11 is 1.35. The van der Waals surface area contributed by atoms with Crippen molar-refractivity contribution in [3.63, 3.8) is 0 Å². The maximum atomic E-state index is 12.9. The van der Waals surface area contributed by atoms with Crippen LogP contribution in [0.5, 0.6) is 0 Å². The number of nitrogens with one attached hydrogen (secondary N) is 1. The number of nitrogens with zero attached hydrogens (tertiary/aromatic N) is 5. The van der Waals surface area contributed by atoms with E-state index in [2.05, 4.69) is 20.4 Å². The molecule has 0 unspecified atom stereocenters. The third-order valence-corrected chi connectivity index (χ3v) is 5.09. The highest BCUT2D eigenvalue weighted by Crippen LogP contribution is 2.15. The summed E-state index contributed by atoms with van der Waals surface area (Å²) in [6.45, 7) is 4.00. The molecule has 142 valence electrons. The number of hydrogen-bond acceptors (Lipinski definition) is 6. The van der Waals surface area contributed by atoms with E-state index in [-0.39, 0.29) is 24.4 Å². The molecule has 0 bridgehead atoms. The normalized spacial score (nSPS) is 11.1. The number of fused-ring (bicyclic) bond motifs is 1. The Hall–Kier alpha value is -3.33. The van der Waals surface area contributed by atoms with Gasteiger partial charge < -0.3 is 5.32 Å². The molecule has 3 aromatic heterocycles. The van der Waals surface area contributed by atoms with Crippen molar-refractivity contribution in [1.29, 1.82) is 0 Å². The average Bonchev–Trinajstić information content (AvgIpc) is 3.32. The van der Waals surface area contributed by atoms with Crippen LogP contribution >= 0.6 is 11.3 Å². The van der Waals surface area contributed by atoms with Crippen LogP contribution in [0.1, 0.15) is 17.8 Å². The Balaban J connectivity index is 1.61. The maximum absolute atomic E-state index is 12.9. The van der Waals surface area contributed by atoms with Gasteiger partial charge in [0.2, 0.25) is 5.91 Å². The molecule has 0 saturated heterocycles. The van der Waals surface area contributed by atoms with E-state index in [4.69, 9.17) is 0 Å². The summed E-state index contributed by atoms with van der Waals surface area (Å²) in [4.78, 5) is 33.6. The summed E-state index contributed by atoms with van der Waals surface area (Å²) in [5.74, 6) is 0.338. The third kappa shape index (κ3) is 3.44. The van der Waals surface area contributed by atoms with Gasteiger partial charge in [-0.2, -0.15) is 5.10 Å². The summed E-state index contributed by atoms with van der Waals surface area (Å²) in [7, 11) is 0. The predicted molar refractivity (Wildman–Crippen MR) is 108 cm³/mol. The third-order valence-electron chi connectivity index (χ3n) is 4.40. The zero-order valence-corrected chi connectivity index (χ0v) is 16.2. The molecule has 1 amide bonds. The minimum atomic E-state index is -0.206. The van der Waals surface area contributed by atoms with Gasteiger partial charge in [-0.3, -0.25) is 14.2 Å². The van der Waals surface area contributed by atoms with Crippen LogP contribution in [0.2, 0.25) is 0 Å². The van der Waals surface area contributed by atoms with E-state index in [1.165, 1.54) is 22.1 Å². The van der Waals surface area contributed by atoms with Gasteiger partial charge in [-0.1, -0.05) is 17.7 Å². The van der Waals surface area contributed by atoms with Crippen LogP contribution in [0.4, 0.5) is 5.13 Å². The fourth-order valence-electron chi connectivity index (χ4n) is 2.92. The zero-order valence-electron chi connectivity index (χ0n) is 15.4. The van der Waals surface area contributed by atoms with E-state index >= 15 is 0 Å². The summed E-state index contributed by atoms with van der Waals surface area (Å²) in [6, 6.07) is 7.84. The van der Waals surface area contributed by atoms with Crippen LogP contribution in [-0.2, 0) is 11.3 Å². The molecule has 0 aliphatic rings. The number of aromatic nitrogens is 5. The van der Waals surface area contributed by atoms with Crippen molar-refractivity contribution in [3.8, 4) is 5.69 Å². The van der Waals surface area contributed by atoms with E-state index in [9.17, 15) is 9.59 Å². The van der Waals surface area contributed by atoms with Gasteiger partial charge in [-0.15, -0.1) is 11.3 Å². The lowest BCUT2D eigenvalue weighted by atomic mass is 10.2. The fourth-order valence-corrected chi connectivity index (χ4v) is 3.47. The second-order valence-corrected chi connectivity index (χ2v) is 7.28. The zero-order chi connectivity index (χ0) is 19.7. The van der Waals surface area contributed by atoms with E-state index in [1.54, 1.807) is 23.2 Å². The molecule has 0 aliphatic carbocycles. The van der Waals surface area contributed by atoms with Gasteiger partial charge in [0.15, 0.2) is 10.8 Å². The molecular formula is C19H18N6O2S. The monoisotopic (exact) mass is 394 g/mol. The molecule has 9 heteroatoms. The predicted octanol–water partition coefficient (Wildman–Crippen LogP) is 2.68. The number of hydrogen-bond donors (Lipinski definition) is 1. The molecule has 0 aliphatic heterocycles. The Morgan fingerprint density at radius 1 is 1.21 bits per heavy atom. The molecule has 1 aromatic carbocycles. The SMILES string of the molecule is Cc1ccc(-n2ncc3c(=O)n(CCC(=O)Nc4nccs4)c(C)nc32)cc1. The number of amides is 1. The number of carbonyl (C=O) groups is 1. The molecule has 4 rings (SSSR count). The maximum Gasteiger partial charge on any atom is 0.264 e. The van der Waals surface area contributed by atoms with Crippen LogP contribution in [0, 0.1) is 13.8 Å². The van der Waals surface area contributed by atoms with Gasteiger partial charge in [0.25, 0.3) is 5.56 Å². The molecule has 0 radical (unpaired) electrons. The quantitative estimate of drug-likeness (QED) is 0.562. The second-order valence-electron chi connectivity index (χ2n) is 6.38. The van der Waals surface area contributed by atoms with Crippen LogP contribution in [0.15, 0.2) is 46.8 Å². The minimum absolute atomic E-state index is 0.152. The smallest absolute Gasteiger partial charge is 0.264 e. The first-order valence-corrected chi connectivity index (χ1v) is 9.62. The lowest BCUT2D eigenvalue weighted by Gasteiger charge is -2.10. The van der Waals surface area contributed by atoms with Crippen molar-refractivity contribution in [2.24, 2.45) is 0 Å². The molecule has 0 spiro atoms. The Labute approximate surface area is 164 Å². The summed E-state index contributed by atoms with van der Waals surface area (Å²) in [6.07, 6.45) is 3.30. The largest absolute Gasteiger partial charge is 0.302 e. The van der Waals surface area contributed by atoms with E-state index in [0.717, 1.165) is 11.3 Å². The Kier molecular flexibility index (Phi) is 4.74. The molecule has 4 aromatic rings. The fraction of sp³-hybridized carbons (Fsp3) is 0.211. The number of rotatable bonds is 5. The van der Waals surface area contributed by atoms with Crippen molar-refractivity contribution in [2.45, 2.75) is 26.8 Å². The van der Waals surface area contributed by atoms with Crippen LogP contribution < -0.4 is 10.9 Å². The van der Waals surface area contributed by atoms with Crippen LogP contribution in [0.25, 0.3) is 16.7 Å². The van der Waals surface area contributed by atoms with E-state index in [1.807, 2.05) is 31.2 Å². The molecule has 0 fully saturated rings. The first-order chi connectivity index (χ1) is 13.5. The summed E-state index contributed by atoms with van der Waals surface area (Å²) in [5, 5.41) is 9.80. The van der Waals surface area contributed by atoms with Crippen molar-refractivity contribution < 1.29 is 4.79 Å². The molecule has 0 saturated carbocycles. The lowest BCUT2D eigenvalue weighted by molar-refractivity contribution is -0.116. The number of carbonyl (C=O) groups excluding carboxylic acids is 1. The van der Waals surface area contributed by atoms with Gasteiger partial charge in [0.1, 0.15) is 11.2 Å². The number of anilines is 1. The Morgan fingerprint density at radius 2 is 2.00 bits per heavy atom. The van der Waals surface area contributed by atoms with Gasteiger partial charge in [0.05, 0.1) is 11.9 Å². The average molecular weight is 394 g/mol. The lowest BCUT2D eigenvalue weighted by Crippen LogP contribution is -2.26. The molecule has 0 atom stereocenters. The molecule has 8 nitrogen and oxygen atoms in total. The topological polar surface area (TPSA) is 94.7 Å². The molecule has 28 heavy (non-hydrogen) atoms. The highest BCUT2D eigenvalue weighted by atomic mass is 32.1. The molecular weight excluding hydrogens is 376 g/mol. The second kappa shape index (κ2) is 7.35. The number of thiazole rings is 1. The molecule has 3 heterocycles. The number of benzene rings is 1. The molecule has 1 N–H and O–H groups in total. The first kappa shape index (κ1) is 18.1. The Morgan fingerprint density at radius 3 is 2.71 bits per heavy atom. The van der Waals surface area contributed by atoms with E-state index < -0.39 is 0 Å².